The standard InChI is InChI=1S/C11H14N2/c1-4-6-8-11-10(7-5-2)12-9-13(11)3/h4-9H,1H2,2-3H3/b7-5+,8-6-. The van der Waals surface area contributed by atoms with E-state index < -0.39 is 0 Å². The highest BCUT2D eigenvalue weighted by molar-refractivity contribution is 5.60. The van der Waals surface area contributed by atoms with Gasteiger partial charge in [0.05, 0.1) is 17.7 Å². The van der Waals surface area contributed by atoms with Crippen LogP contribution in [-0.4, -0.2) is 9.55 Å². The Bertz CT molecular complexity index is 343. The number of nitrogens with zero attached hydrogens (tertiary/aromatic N) is 2. The van der Waals surface area contributed by atoms with Crippen LogP contribution in [0.2, 0.25) is 0 Å². The van der Waals surface area contributed by atoms with E-state index in [2.05, 4.69) is 11.6 Å². The largest absolute Gasteiger partial charge is 0.334 e. The molecule has 68 valence electrons. The molecule has 0 aliphatic rings. The van der Waals surface area contributed by atoms with E-state index in [1.165, 1.54) is 0 Å². The zero-order chi connectivity index (χ0) is 9.68. The lowest BCUT2D eigenvalue weighted by Gasteiger charge is -1.95. The van der Waals surface area contributed by atoms with Crippen LogP contribution in [0.5, 0.6) is 0 Å². The molecular weight excluding hydrogens is 160 g/mol. The molecule has 0 aromatic carbocycles. The van der Waals surface area contributed by atoms with Crippen molar-refractivity contribution >= 4 is 12.2 Å². The molecule has 0 bridgehead atoms. The van der Waals surface area contributed by atoms with Crippen LogP contribution in [-0.2, 0) is 7.05 Å². The summed E-state index contributed by atoms with van der Waals surface area (Å²) in [5.41, 5.74) is 2.08. The summed E-state index contributed by atoms with van der Waals surface area (Å²) in [4.78, 5) is 4.25. The Hall–Kier alpha value is -1.57. The van der Waals surface area contributed by atoms with Crippen molar-refractivity contribution in [3.05, 3.63) is 42.5 Å². The number of hydrogen-bond donors (Lipinski definition) is 0. The van der Waals surface area contributed by atoms with E-state index >= 15 is 0 Å². The van der Waals surface area contributed by atoms with Gasteiger partial charge in [-0.3, -0.25) is 0 Å². The van der Waals surface area contributed by atoms with Gasteiger partial charge < -0.3 is 4.57 Å². The van der Waals surface area contributed by atoms with Gasteiger partial charge in [-0.25, -0.2) is 4.98 Å². The molecule has 0 N–H and O–H groups in total. The summed E-state index contributed by atoms with van der Waals surface area (Å²) in [7, 11) is 1.97. The molecule has 1 heterocycles. The molecule has 0 atom stereocenters. The molecule has 0 spiro atoms. The topological polar surface area (TPSA) is 17.8 Å². The zero-order valence-electron chi connectivity index (χ0n) is 8.07. The van der Waals surface area contributed by atoms with E-state index in [1.807, 2.05) is 42.8 Å². The van der Waals surface area contributed by atoms with Gasteiger partial charge in [-0.05, 0) is 19.1 Å². The normalized spacial score (nSPS) is 11.5. The van der Waals surface area contributed by atoms with Crippen LogP contribution in [0.15, 0.2) is 31.1 Å². The highest BCUT2D eigenvalue weighted by Gasteiger charge is 2.00. The van der Waals surface area contributed by atoms with E-state index in [0.29, 0.717) is 0 Å². The maximum atomic E-state index is 4.25. The van der Waals surface area contributed by atoms with Crippen LogP contribution in [0.25, 0.3) is 12.2 Å². The van der Waals surface area contributed by atoms with Gasteiger partial charge in [0, 0.05) is 7.05 Å². The lowest BCUT2D eigenvalue weighted by Crippen LogP contribution is -1.88. The maximum Gasteiger partial charge on any atom is 0.0955 e. The van der Waals surface area contributed by atoms with E-state index in [9.17, 15) is 0 Å². The lowest BCUT2D eigenvalue weighted by molar-refractivity contribution is 0.902. The van der Waals surface area contributed by atoms with Crippen molar-refractivity contribution in [3.8, 4) is 0 Å². The third kappa shape index (κ3) is 2.18. The van der Waals surface area contributed by atoms with Gasteiger partial charge in [-0.1, -0.05) is 24.8 Å². The molecule has 13 heavy (non-hydrogen) atoms. The van der Waals surface area contributed by atoms with Crippen LogP contribution in [0.4, 0.5) is 0 Å². The van der Waals surface area contributed by atoms with Crippen molar-refractivity contribution in [1.29, 1.82) is 0 Å². The SMILES string of the molecule is C=C/C=C\c1c(/C=C/C)ncn1C. The van der Waals surface area contributed by atoms with Gasteiger partial charge in [0.1, 0.15) is 0 Å². The molecule has 0 amide bonds. The van der Waals surface area contributed by atoms with Crippen molar-refractivity contribution in [2.75, 3.05) is 0 Å². The highest BCUT2D eigenvalue weighted by Crippen LogP contribution is 2.10. The molecule has 0 saturated heterocycles. The predicted octanol–water partition coefficient (Wildman–Crippen LogP) is 2.65. The second kappa shape index (κ2) is 4.45. The number of allylic oxidation sites excluding steroid dienone is 3. The van der Waals surface area contributed by atoms with Gasteiger partial charge in [-0.2, -0.15) is 0 Å². The van der Waals surface area contributed by atoms with Gasteiger partial charge in [0.25, 0.3) is 0 Å². The fourth-order valence-electron chi connectivity index (χ4n) is 1.11. The molecule has 0 unspecified atom stereocenters. The number of imidazole rings is 1. The first-order chi connectivity index (χ1) is 6.29. The Balaban J connectivity index is 3.07. The first-order valence-electron chi connectivity index (χ1n) is 4.22. The van der Waals surface area contributed by atoms with Gasteiger partial charge in [-0.15, -0.1) is 0 Å². The Morgan fingerprint density at radius 1 is 1.46 bits per heavy atom. The van der Waals surface area contributed by atoms with E-state index in [0.717, 1.165) is 11.4 Å². The second-order valence-electron chi connectivity index (χ2n) is 2.72. The fraction of sp³-hybridized carbons (Fsp3) is 0.182. The lowest BCUT2D eigenvalue weighted by atomic mass is 10.2. The van der Waals surface area contributed by atoms with E-state index in [1.54, 1.807) is 12.4 Å². The molecule has 0 aliphatic heterocycles. The van der Waals surface area contributed by atoms with Crippen LogP contribution >= 0.6 is 0 Å². The summed E-state index contributed by atoms with van der Waals surface area (Å²) < 4.78 is 1.98. The zero-order valence-corrected chi connectivity index (χ0v) is 8.07. The Morgan fingerprint density at radius 3 is 2.85 bits per heavy atom. The van der Waals surface area contributed by atoms with Crippen molar-refractivity contribution < 1.29 is 0 Å². The number of rotatable bonds is 3. The monoisotopic (exact) mass is 174 g/mol. The molecule has 2 nitrogen and oxygen atoms in total. The average molecular weight is 174 g/mol. The number of hydrogen-bond acceptors (Lipinski definition) is 1. The van der Waals surface area contributed by atoms with Crippen molar-refractivity contribution in [1.82, 2.24) is 9.55 Å². The molecule has 2 heteroatoms. The van der Waals surface area contributed by atoms with E-state index in [4.69, 9.17) is 0 Å². The minimum Gasteiger partial charge on any atom is -0.334 e. The molecule has 1 rings (SSSR count). The van der Waals surface area contributed by atoms with Gasteiger partial charge in [0.15, 0.2) is 0 Å². The van der Waals surface area contributed by atoms with Crippen molar-refractivity contribution in [2.45, 2.75) is 6.92 Å². The Morgan fingerprint density at radius 2 is 2.23 bits per heavy atom. The minimum atomic E-state index is 0.989. The third-order valence-corrected chi connectivity index (χ3v) is 1.73. The number of aromatic nitrogens is 2. The van der Waals surface area contributed by atoms with Crippen LogP contribution < -0.4 is 0 Å². The smallest absolute Gasteiger partial charge is 0.0955 e. The van der Waals surface area contributed by atoms with Crippen molar-refractivity contribution in [2.24, 2.45) is 7.05 Å². The van der Waals surface area contributed by atoms with Gasteiger partial charge in [0.2, 0.25) is 0 Å². The summed E-state index contributed by atoms with van der Waals surface area (Å²) in [6.45, 7) is 5.61. The highest BCUT2D eigenvalue weighted by atomic mass is 15.0. The maximum absolute atomic E-state index is 4.25. The third-order valence-electron chi connectivity index (χ3n) is 1.73. The van der Waals surface area contributed by atoms with Crippen molar-refractivity contribution in [3.63, 3.8) is 0 Å². The second-order valence-corrected chi connectivity index (χ2v) is 2.72. The van der Waals surface area contributed by atoms with Crippen LogP contribution in [0.3, 0.4) is 0 Å². The first-order valence-corrected chi connectivity index (χ1v) is 4.22. The molecule has 0 aliphatic carbocycles. The first kappa shape index (κ1) is 9.52. The molecular formula is C11H14N2. The van der Waals surface area contributed by atoms with Gasteiger partial charge >= 0.3 is 0 Å². The summed E-state index contributed by atoms with van der Waals surface area (Å²) >= 11 is 0. The molecule has 1 aromatic rings. The molecule has 0 radical (unpaired) electrons. The fourth-order valence-corrected chi connectivity index (χ4v) is 1.11. The number of aryl methyl sites for hydroxylation is 1. The summed E-state index contributed by atoms with van der Waals surface area (Å²) in [5, 5.41) is 0. The Labute approximate surface area is 78.9 Å². The minimum absolute atomic E-state index is 0.989. The molecule has 0 saturated carbocycles. The van der Waals surface area contributed by atoms with Crippen LogP contribution in [0, 0.1) is 0 Å². The van der Waals surface area contributed by atoms with E-state index in [-0.39, 0.29) is 0 Å². The quantitative estimate of drug-likeness (QED) is 0.644. The summed E-state index contributed by atoms with van der Waals surface area (Å²) in [5.74, 6) is 0. The summed E-state index contributed by atoms with van der Waals surface area (Å²) in [6, 6.07) is 0. The predicted molar refractivity (Wildman–Crippen MR) is 57.1 cm³/mol. The summed E-state index contributed by atoms with van der Waals surface area (Å²) in [6.07, 6.45) is 11.4. The molecule has 1 aromatic heterocycles. The average Bonchev–Trinajstić information content (AvgIpc) is 2.45. The van der Waals surface area contributed by atoms with Crippen LogP contribution in [0.1, 0.15) is 18.3 Å². The molecule has 0 fully saturated rings. The Kier molecular flexibility index (Phi) is 3.26.